The Hall–Kier alpha value is -1.42. The van der Waals surface area contributed by atoms with Gasteiger partial charge in [0.15, 0.2) is 0 Å². The van der Waals surface area contributed by atoms with Gasteiger partial charge in [0.2, 0.25) is 5.91 Å². The SMILES string of the molecule is CCN(C(=O)C(C(N)=S)C(C)C)c1ccc(C)cc1. The van der Waals surface area contributed by atoms with E-state index in [2.05, 4.69) is 0 Å². The average molecular weight is 278 g/mol. The van der Waals surface area contributed by atoms with E-state index >= 15 is 0 Å². The zero-order valence-corrected chi connectivity index (χ0v) is 12.8. The molecule has 0 fully saturated rings. The maximum Gasteiger partial charge on any atom is 0.237 e. The van der Waals surface area contributed by atoms with Crippen molar-refractivity contribution in [2.75, 3.05) is 11.4 Å². The lowest BCUT2D eigenvalue weighted by atomic mass is 9.94. The van der Waals surface area contributed by atoms with Gasteiger partial charge in [0.05, 0.1) is 10.9 Å². The van der Waals surface area contributed by atoms with Gasteiger partial charge in [0.25, 0.3) is 0 Å². The summed E-state index contributed by atoms with van der Waals surface area (Å²) in [5, 5.41) is 0. The van der Waals surface area contributed by atoms with E-state index in [9.17, 15) is 4.79 Å². The molecule has 0 heterocycles. The van der Waals surface area contributed by atoms with Gasteiger partial charge in [-0.1, -0.05) is 43.8 Å². The van der Waals surface area contributed by atoms with E-state index in [0.717, 1.165) is 5.69 Å². The molecule has 1 amide bonds. The van der Waals surface area contributed by atoms with Crippen molar-refractivity contribution in [2.45, 2.75) is 27.7 Å². The lowest BCUT2D eigenvalue weighted by Crippen LogP contribution is -2.43. The Morgan fingerprint density at radius 1 is 1.32 bits per heavy atom. The second-order valence-corrected chi connectivity index (χ2v) is 5.51. The average Bonchev–Trinajstić information content (AvgIpc) is 2.31. The van der Waals surface area contributed by atoms with E-state index in [1.165, 1.54) is 5.56 Å². The predicted octanol–water partition coefficient (Wildman–Crippen LogP) is 2.91. The third-order valence-corrected chi connectivity index (χ3v) is 3.42. The van der Waals surface area contributed by atoms with Crippen molar-refractivity contribution in [2.24, 2.45) is 17.6 Å². The summed E-state index contributed by atoms with van der Waals surface area (Å²) >= 11 is 5.04. The zero-order chi connectivity index (χ0) is 14.6. The Morgan fingerprint density at radius 2 is 1.84 bits per heavy atom. The van der Waals surface area contributed by atoms with Crippen LogP contribution in [-0.2, 0) is 4.79 Å². The first-order valence-electron chi connectivity index (χ1n) is 6.55. The van der Waals surface area contributed by atoms with Gasteiger partial charge in [-0.25, -0.2) is 0 Å². The molecule has 0 aromatic heterocycles. The molecule has 0 aliphatic carbocycles. The number of benzene rings is 1. The Balaban J connectivity index is 3.05. The molecule has 4 heteroatoms. The predicted molar refractivity (Wildman–Crippen MR) is 84.3 cm³/mol. The van der Waals surface area contributed by atoms with Crippen LogP contribution in [0.25, 0.3) is 0 Å². The van der Waals surface area contributed by atoms with E-state index < -0.39 is 5.92 Å². The van der Waals surface area contributed by atoms with Crippen molar-refractivity contribution < 1.29 is 4.79 Å². The number of carbonyl (C=O) groups is 1. The fourth-order valence-electron chi connectivity index (χ4n) is 2.09. The first kappa shape index (κ1) is 15.6. The minimum absolute atomic E-state index is 0.0196. The van der Waals surface area contributed by atoms with Crippen LogP contribution in [0, 0.1) is 18.8 Å². The van der Waals surface area contributed by atoms with Crippen molar-refractivity contribution in [3.8, 4) is 0 Å². The number of rotatable bonds is 5. The monoisotopic (exact) mass is 278 g/mol. The van der Waals surface area contributed by atoms with Crippen molar-refractivity contribution in [1.29, 1.82) is 0 Å². The quantitative estimate of drug-likeness (QED) is 0.842. The van der Waals surface area contributed by atoms with Gasteiger partial charge in [-0.05, 0) is 31.9 Å². The molecule has 1 aromatic carbocycles. The lowest BCUT2D eigenvalue weighted by Gasteiger charge is -2.28. The number of anilines is 1. The first-order valence-corrected chi connectivity index (χ1v) is 6.96. The van der Waals surface area contributed by atoms with Crippen LogP contribution in [0.1, 0.15) is 26.3 Å². The highest BCUT2D eigenvalue weighted by Crippen LogP contribution is 2.21. The van der Waals surface area contributed by atoms with Gasteiger partial charge in [-0.2, -0.15) is 0 Å². The van der Waals surface area contributed by atoms with E-state index in [1.807, 2.05) is 52.0 Å². The fraction of sp³-hybridized carbons (Fsp3) is 0.467. The van der Waals surface area contributed by atoms with Crippen LogP contribution in [0.15, 0.2) is 24.3 Å². The molecule has 1 atom stereocenters. The summed E-state index contributed by atoms with van der Waals surface area (Å²) in [7, 11) is 0. The fourth-order valence-corrected chi connectivity index (χ4v) is 2.47. The van der Waals surface area contributed by atoms with Crippen molar-refractivity contribution >= 4 is 28.8 Å². The number of hydrogen-bond acceptors (Lipinski definition) is 2. The molecule has 1 unspecified atom stereocenters. The van der Waals surface area contributed by atoms with Gasteiger partial charge >= 0.3 is 0 Å². The number of thiocarbonyl (C=S) groups is 1. The summed E-state index contributed by atoms with van der Waals surface area (Å²) < 4.78 is 0. The van der Waals surface area contributed by atoms with E-state index in [4.69, 9.17) is 18.0 Å². The van der Waals surface area contributed by atoms with Crippen LogP contribution < -0.4 is 10.6 Å². The van der Waals surface area contributed by atoms with E-state index in [1.54, 1.807) is 4.90 Å². The standard InChI is InChI=1S/C15H22N2OS/c1-5-17(12-8-6-11(4)7-9-12)15(18)13(10(2)3)14(16)19/h6-10,13H,5H2,1-4H3,(H2,16,19). The minimum atomic E-state index is -0.406. The molecule has 0 aliphatic heterocycles. The van der Waals surface area contributed by atoms with Crippen molar-refractivity contribution in [3.63, 3.8) is 0 Å². The van der Waals surface area contributed by atoms with Gasteiger partial charge in [0, 0.05) is 12.2 Å². The summed E-state index contributed by atoms with van der Waals surface area (Å²) in [6.07, 6.45) is 0. The maximum atomic E-state index is 12.6. The Morgan fingerprint density at radius 3 is 2.21 bits per heavy atom. The second-order valence-electron chi connectivity index (χ2n) is 5.04. The van der Waals surface area contributed by atoms with Crippen LogP contribution in [0.3, 0.4) is 0 Å². The third-order valence-electron chi connectivity index (χ3n) is 3.17. The molecular formula is C15H22N2OS. The molecule has 3 nitrogen and oxygen atoms in total. The van der Waals surface area contributed by atoms with Gasteiger partial charge < -0.3 is 10.6 Å². The topological polar surface area (TPSA) is 46.3 Å². The molecule has 0 spiro atoms. The molecule has 0 radical (unpaired) electrons. The Bertz CT molecular complexity index is 454. The molecule has 1 aromatic rings. The van der Waals surface area contributed by atoms with E-state index in [0.29, 0.717) is 6.54 Å². The summed E-state index contributed by atoms with van der Waals surface area (Å²) in [6.45, 7) is 8.51. The van der Waals surface area contributed by atoms with E-state index in [-0.39, 0.29) is 16.8 Å². The number of nitrogens with two attached hydrogens (primary N) is 1. The molecular weight excluding hydrogens is 256 g/mol. The molecule has 104 valence electrons. The number of hydrogen-bond donors (Lipinski definition) is 1. The third kappa shape index (κ3) is 3.77. The van der Waals surface area contributed by atoms with Gasteiger partial charge in [-0.15, -0.1) is 0 Å². The molecule has 0 aliphatic rings. The molecule has 0 saturated carbocycles. The van der Waals surface area contributed by atoms with Crippen LogP contribution in [-0.4, -0.2) is 17.4 Å². The first-order chi connectivity index (χ1) is 8.88. The molecule has 2 N–H and O–H groups in total. The summed E-state index contributed by atoms with van der Waals surface area (Å²) in [5.41, 5.74) is 7.77. The normalized spacial score (nSPS) is 12.3. The van der Waals surface area contributed by atoms with Crippen LogP contribution in [0.2, 0.25) is 0 Å². The largest absolute Gasteiger partial charge is 0.393 e. The van der Waals surface area contributed by atoms with Crippen molar-refractivity contribution in [3.05, 3.63) is 29.8 Å². The molecule has 19 heavy (non-hydrogen) atoms. The highest BCUT2D eigenvalue weighted by molar-refractivity contribution is 7.80. The van der Waals surface area contributed by atoms with Crippen LogP contribution in [0.5, 0.6) is 0 Å². The smallest absolute Gasteiger partial charge is 0.237 e. The number of aryl methyl sites for hydroxylation is 1. The zero-order valence-electron chi connectivity index (χ0n) is 12.0. The molecule has 0 bridgehead atoms. The molecule has 1 rings (SSSR count). The minimum Gasteiger partial charge on any atom is -0.393 e. The number of amides is 1. The van der Waals surface area contributed by atoms with Gasteiger partial charge in [-0.3, -0.25) is 4.79 Å². The second kappa shape index (κ2) is 6.66. The Labute approximate surface area is 120 Å². The lowest BCUT2D eigenvalue weighted by molar-refractivity contribution is -0.121. The summed E-state index contributed by atoms with van der Waals surface area (Å²) in [6, 6.07) is 7.90. The van der Waals surface area contributed by atoms with Gasteiger partial charge in [0.1, 0.15) is 0 Å². The Kier molecular flexibility index (Phi) is 5.48. The summed E-state index contributed by atoms with van der Waals surface area (Å²) in [4.78, 5) is 14.6. The molecule has 0 saturated heterocycles. The van der Waals surface area contributed by atoms with Crippen LogP contribution in [0.4, 0.5) is 5.69 Å². The van der Waals surface area contributed by atoms with Crippen molar-refractivity contribution in [1.82, 2.24) is 0 Å². The highest BCUT2D eigenvalue weighted by Gasteiger charge is 2.29. The maximum absolute atomic E-state index is 12.6. The van der Waals surface area contributed by atoms with Crippen LogP contribution >= 0.6 is 12.2 Å². The summed E-state index contributed by atoms with van der Waals surface area (Å²) in [5.74, 6) is -0.324. The number of nitrogens with zero attached hydrogens (tertiary/aromatic N) is 1. The number of carbonyl (C=O) groups excluding carboxylic acids is 1. The highest BCUT2D eigenvalue weighted by atomic mass is 32.1.